The van der Waals surface area contributed by atoms with Crippen LogP contribution in [0.15, 0.2) is 36.4 Å². The Kier molecular flexibility index (Phi) is 6.39. The van der Waals surface area contributed by atoms with Crippen LogP contribution >= 0.6 is 11.6 Å². The lowest BCUT2D eigenvalue weighted by Gasteiger charge is -2.26. The number of phenols is 1. The number of aromatic nitrogens is 2. The van der Waals surface area contributed by atoms with Crippen molar-refractivity contribution < 1.29 is 19.7 Å². The number of aliphatic hydroxyl groups is 1. The molecule has 1 aromatic heterocycles. The van der Waals surface area contributed by atoms with E-state index in [9.17, 15) is 15.0 Å². The monoisotopic (exact) mass is 455 g/mol. The lowest BCUT2D eigenvalue weighted by atomic mass is 9.95. The average Bonchev–Trinajstić information content (AvgIpc) is 3.31. The number of halogens is 1. The summed E-state index contributed by atoms with van der Waals surface area (Å²) in [7, 11) is 0. The smallest absolute Gasteiger partial charge is 0.273 e. The Morgan fingerprint density at radius 2 is 2.00 bits per heavy atom. The molecule has 1 unspecified atom stereocenters. The first kappa shape index (κ1) is 22.2. The summed E-state index contributed by atoms with van der Waals surface area (Å²) in [6.07, 6.45) is 2.04. The lowest BCUT2D eigenvalue weighted by molar-refractivity contribution is 0.0706. The minimum absolute atomic E-state index is 0.0349. The molecule has 32 heavy (non-hydrogen) atoms. The molecule has 7 nitrogen and oxygen atoms in total. The van der Waals surface area contributed by atoms with E-state index >= 15 is 0 Å². The Morgan fingerprint density at radius 1 is 1.25 bits per heavy atom. The number of unbranched alkanes of at least 4 members (excludes halogenated alkanes) is 1. The van der Waals surface area contributed by atoms with E-state index in [0.717, 1.165) is 29.7 Å². The van der Waals surface area contributed by atoms with E-state index in [1.165, 1.54) is 0 Å². The van der Waals surface area contributed by atoms with Crippen molar-refractivity contribution in [3.05, 3.63) is 63.8 Å². The molecule has 1 aliphatic rings. The molecule has 2 aromatic carbocycles. The summed E-state index contributed by atoms with van der Waals surface area (Å²) in [5.41, 5.74) is 3.50. The van der Waals surface area contributed by atoms with E-state index in [2.05, 4.69) is 17.1 Å². The van der Waals surface area contributed by atoms with Crippen molar-refractivity contribution >= 4 is 17.5 Å². The molecule has 1 atom stereocenters. The molecule has 3 aromatic rings. The predicted molar refractivity (Wildman–Crippen MR) is 122 cm³/mol. The van der Waals surface area contributed by atoms with Crippen LogP contribution in [0.4, 0.5) is 0 Å². The van der Waals surface area contributed by atoms with Crippen LogP contribution in [0, 0.1) is 6.92 Å². The highest BCUT2D eigenvalue weighted by Crippen LogP contribution is 2.45. The first-order valence-corrected chi connectivity index (χ1v) is 11.1. The van der Waals surface area contributed by atoms with Crippen LogP contribution in [0.1, 0.15) is 53.0 Å². The second-order valence-electron chi connectivity index (χ2n) is 7.88. The highest BCUT2D eigenvalue weighted by molar-refractivity contribution is 6.31. The van der Waals surface area contributed by atoms with Crippen molar-refractivity contribution in [2.45, 2.75) is 32.7 Å². The van der Waals surface area contributed by atoms with Crippen molar-refractivity contribution in [3.63, 3.8) is 0 Å². The normalized spacial score (nSPS) is 15.3. The number of aryl methyl sites for hydroxylation is 1. The Bertz CT molecular complexity index is 1130. The van der Waals surface area contributed by atoms with Crippen molar-refractivity contribution in [2.75, 3.05) is 19.8 Å². The third kappa shape index (κ3) is 3.94. The van der Waals surface area contributed by atoms with Gasteiger partial charge in [-0.05, 0) is 48.7 Å². The molecule has 168 valence electrons. The summed E-state index contributed by atoms with van der Waals surface area (Å²) in [5, 5.41) is 27.8. The number of nitrogens with zero attached hydrogens (tertiary/aromatic N) is 2. The molecule has 4 rings (SSSR count). The molecule has 3 N–H and O–H groups in total. The Hall–Kier alpha value is -3.03. The molecule has 0 aliphatic carbocycles. The van der Waals surface area contributed by atoms with Crippen molar-refractivity contribution in [2.24, 2.45) is 0 Å². The topological polar surface area (TPSA) is 98.7 Å². The molecular formula is C24H26ClN3O4. The zero-order chi connectivity index (χ0) is 22.8. The van der Waals surface area contributed by atoms with Crippen molar-refractivity contribution in [3.8, 4) is 22.8 Å². The standard InChI is InChI=1S/C24H26ClN3O4/c1-3-4-11-32-16-7-5-15(6-8-16)23-20-21(17-13-18(25)14(2)12-19(17)30)26-27-22(20)24(31)28(23)9-10-29/h5-8,12-13,23,29-30H,3-4,9-11H2,1-2H3,(H,26,27). The van der Waals surface area contributed by atoms with Crippen LogP contribution < -0.4 is 4.74 Å². The van der Waals surface area contributed by atoms with Gasteiger partial charge >= 0.3 is 0 Å². The second kappa shape index (κ2) is 9.22. The van der Waals surface area contributed by atoms with Gasteiger partial charge in [0, 0.05) is 22.7 Å². The third-order valence-corrected chi connectivity index (χ3v) is 6.11. The lowest BCUT2D eigenvalue weighted by Crippen LogP contribution is -2.32. The quantitative estimate of drug-likeness (QED) is 0.435. The summed E-state index contributed by atoms with van der Waals surface area (Å²) in [6.45, 7) is 4.56. The maximum atomic E-state index is 13.1. The van der Waals surface area contributed by atoms with Gasteiger partial charge in [0.05, 0.1) is 19.3 Å². The van der Waals surface area contributed by atoms with Crippen molar-refractivity contribution in [1.82, 2.24) is 15.1 Å². The third-order valence-electron chi connectivity index (χ3n) is 5.70. The van der Waals surface area contributed by atoms with Crippen LogP contribution in [0.3, 0.4) is 0 Å². The van der Waals surface area contributed by atoms with Crippen LogP contribution in [0.5, 0.6) is 11.5 Å². The van der Waals surface area contributed by atoms with E-state index in [-0.39, 0.29) is 24.8 Å². The predicted octanol–water partition coefficient (Wildman–Crippen LogP) is 4.46. The number of aromatic amines is 1. The van der Waals surface area contributed by atoms with Gasteiger partial charge in [0.25, 0.3) is 5.91 Å². The number of aromatic hydroxyl groups is 1. The Morgan fingerprint density at radius 3 is 2.69 bits per heavy atom. The molecule has 0 bridgehead atoms. The van der Waals surface area contributed by atoms with E-state index in [1.807, 2.05) is 24.3 Å². The summed E-state index contributed by atoms with van der Waals surface area (Å²) in [6, 6.07) is 10.4. The van der Waals surface area contributed by atoms with Crippen LogP contribution in [-0.2, 0) is 0 Å². The molecule has 0 spiro atoms. The number of carbonyl (C=O) groups is 1. The molecule has 0 saturated heterocycles. The number of ether oxygens (including phenoxy) is 1. The van der Waals surface area contributed by atoms with E-state index in [4.69, 9.17) is 16.3 Å². The molecule has 0 fully saturated rings. The minimum atomic E-state index is -0.470. The Balaban J connectivity index is 1.78. The summed E-state index contributed by atoms with van der Waals surface area (Å²) >= 11 is 6.31. The van der Waals surface area contributed by atoms with Gasteiger partial charge in [0.2, 0.25) is 0 Å². The number of nitrogens with one attached hydrogen (secondary N) is 1. The number of benzene rings is 2. The molecular weight excluding hydrogens is 430 g/mol. The van der Waals surface area contributed by atoms with Gasteiger partial charge in [0.15, 0.2) is 0 Å². The number of hydrogen-bond acceptors (Lipinski definition) is 5. The Labute approximate surface area is 191 Å². The molecule has 1 amide bonds. The van der Waals surface area contributed by atoms with Crippen LogP contribution in [-0.4, -0.2) is 51.0 Å². The number of β-amino-alcohol motifs (C(OH)–C–C–N with tert-alkyl or cyclic N) is 1. The first-order chi connectivity index (χ1) is 15.5. The molecule has 8 heteroatoms. The summed E-state index contributed by atoms with van der Waals surface area (Å²) in [4.78, 5) is 14.7. The number of rotatable bonds is 8. The number of H-pyrrole nitrogens is 1. The van der Waals surface area contributed by atoms with Crippen LogP contribution in [0.25, 0.3) is 11.3 Å². The molecule has 2 heterocycles. The first-order valence-electron chi connectivity index (χ1n) is 10.7. The maximum Gasteiger partial charge on any atom is 0.273 e. The second-order valence-corrected chi connectivity index (χ2v) is 8.28. The molecule has 0 radical (unpaired) electrons. The maximum absolute atomic E-state index is 13.1. The number of carbonyl (C=O) groups excluding carboxylic acids is 1. The number of fused-ring (bicyclic) bond motifs is 1. The van der Waals surface area contributed by atoms with Gasteiger partial charge < -0.3 is 19.8 Å². The number of amides is 1. The highest BCUT2D eigenvalue weighted by atomic mass is 35.5. The fourth-order valence-electron chi connectivity index (χ4n) is 4.02. The van der Waals surface area contributed by atoms with Gasteiger partial charge in [-0.2, -0.15) is 5.10 Å². The molecule has 0 saturated carbocycles. The zero-order valence-corrected chi connectivity index (χ0v) is 18.8. The number of hydrogen-bond donors (Lipinski definition) is 3. The van der Waals surface area contributed by atoms with Gasteiger partial charge in [-0.15, -0.1) is 0 Å². The summed E-state index contributed by atoms with van der Waals surface area (Å²) in [5.74, 6) is 0.544. The van der Waals surface area contributed by atoms with Gasteiger partial charge in [0.1, 0.15) is 22.9 Å². The fourth-order valence-corrected chi connectivity index (χ4v) is 4.19. The zero-order valence-electron chi connectivity index (χ0n) is 18.1. The largest absolute Gasteiger partial charge is 0.507 e. The van der Waals surface area contributed by atoms with Crippen molar-refractivity contribution in [1.29, 1.82) is 0 Å². The van der Waals surface area contributed by atoms with Gasteiger partial charge in [-0.3, -0.25) is 9.89 Å². The average molecular weight is 456 g/mol. The fraction of sp³-hybridized carbons (Fsp3) is 0.333. The van der Waals surface area contributed by atoms with E-state index in [1.54, 1.807) is 24.0 Å². The minimum Gasteiger partial charge on any atom is -0.507 e. The van der Waals surface area contributed by atoms with Gasteiger partial charge in [-0.1, -0.05) is 37.1 Å². The van der Waals surface area contributed by atoms with Crippen LogP contribution in [0.2, 0.25) is 5.02 Å². The SMILES string of the molecule is CCCCOc1ccc(C2c3c(-c4cc(Cl)c(C)cc4O)n[nH]c3C(=O)N2CCO)cc1. The highest BCUT2D eigenvalue weighted by Gasteiger charge is 2.42. The molecule has 1 aliphatic heterocycles. The number of aliphatic hydroxyl groups excluding tert-OH is 1. The van der Waals surface area contributed by atoms with E-state index < -0.39 is 6.04 Å². The van der Waals surface area contributed by atoms with Gasteiger partial charge in [-0.25, -0.2) is 0 Å². The number of phenolic OH excluding ortho intramolecular Hbond substituents is 1. The van der Waals surface area contributed by atoms with E-state index in [0.29, 0.717) is 34.1 Å². The summed E-state index contributed by atoms with van der Waals surface area (Å²) < 4.78 is 5.76.